The molecule has 1 aromatic rings. The van der Waals surface area contributed by atoms with Gasteiger partial charge in [-0.2, -0.15) is 5.10 Å². The number of aromatic nitrogens is 2. The first-order valence-corrected chi connectivity index (χ1v) is 6.70. The van der Waals surface area contributed by atoms with Gasteiger partial charge in [0.15, 0.2) is 12.0 Å². The number of carboxylic acid groups (broad SMARTS) is 1. The zero-order valence-electron chi connectivity index (χ0n) is 11.4. The number of hydrogen-bond donors (Lipinski definition) is 1. The molecule has 0 amide bonds. The average molecular weight is 264 g/mol. The normalized spacial score (nSPS) is 22.7. The highest BCUT2D eigenvalue weighted by Gasteiger charge is 2.26. The Bertz CT molecular complexity index is 491. The SMILES string of the molecule is CC1(C)CCCC(n2cc(C=O)c(C(=O)O)n2)CC1. The summed E-state index contributed by atoms with van der Waals surface area (Å²) < 4.78 is 1.68. The van der Waals surface area contributed by atoms with Crippen molar-refractivity contribution >= 4 is 12.3 Å². The molecule has 2 rings (SSSR count). The quantitative estimate of drug-likeness (QED) is 0.673. The number of hydrogen-bond acceptors (Lipinski definition) is 3. The van der Waals surface area contributed by atoms with Crippen LogP contribution in [-0.4, -0.2) is 27.1 Å². The van der Waals surface area contributed by atoms with Gasteiger partial charge in [0.05, 0.1) is 11.6 Å². The lowest BCUT2D eigenvalue weighted by molar-refractivity contribution is 0.0686. The molecule has 1 fully saturated rings. The van der Waals surface area contributed by atoms with Crippen LogP contribution >= 0.6 is 0 Å². The summed E-state index contributed by atoms with van der Waals surface area (Å²) in [5.41, 5.74) is 0.361. The number of nitrogens with zero attached hydrogens (tertiary/aromatic N) is 2. The van der Waals surface area contributed by atoms with Gasteiger partial charge in [0.25, 0.3) is 0 Å². The predicted octanol–water partition coefficient (Wildman–Crippen LogP) is 2.93. The molecule has 5 nitrogen and oxygen atoms in total. The molecule has 1 N–H and O–H groups in total. The maximum Gasteiger partial charge on any atom is 0.357 e. The minimum Gasteiger partial charge on any atom is -0.476 e. The number of carboxylic acids is 1. The first-order chi connectivity index (χ1) is 8.93. The summed E-state index contributed by atoms with van der Waals surface area (Å²) in [6.45, 7) is 4.52. The van der Waals surface area contributed by atoms with Gasteiger partial charge in [-0.1, -0.05) is 20.3 Å². The molecule has 0 bridgehead atoms. The lowest BCUT2D eigenvalue weighted by Crippen LogP contribution is -2.12. The molecule has 0 aliphatic heterocycles. The second kappa shape index (κ2) is 5.15. The summed E-state index contributed by atoms with van der Waals surface area (Å²) in [6, 6.07) is 0.202. The average Bonchev–Trinajstić information content (AvgIpc) is 2.69. The standard InChI is InChI=1S/C14H20N2O3/c1-14(2)6-3-4-11(5-7-14)16-8-10(9-17)12(15-16)13(18)19/h8-9,11H,3-7H2,1-2H3,(H,18,19). The van der Waals surface area contributed by atoms with Gasteiger partial charge in [-0.3, -0.25) is 9.48 Å². The molecule has 0 spiro atoms. The molecule has 0 aromatic carbocycles. The molecule has 5 heteroatoms. The lowest BCUT2D eigenvalue weighted by Gasteiger charge is -2.21. The molecule has 1 aliphatic rings. The highest BCUT2D eigenvalue weighted by atomic mass is 16.4. The maximum absolute atomic E-state index is 11.0. The van der Waals surface area contributed by atoms with Crippen LogP contribution in [0.5, 0.6) is 0 Å². The number of carbonyl (C=O) groups excluding carboxylic acids is 1. The van der Waals surface area contributed by atoms with Crippen molar-refractivity contribution in [1.29, 1.82) is 0 Å². The van der Waals surface area contributed by atoms with Crippen LogP contribution in [0, 0.1) is 5.41 Å². The number of carbonyl (C=O) groups is 2. The Morgan fingerprint density at radius 2 is 2.21 bits per heavy atom. The van der Waals surface area contributed by atoms with Crippen LogP contribution in [0.25, 0.3) is 0 Å². The van der Waals surface area contributed by atoms with Crippen LogP contribution in [0.1, 0.15) is 72.8 Å². The summed E-state index contributed by atoms with van der Waals surface area (Å²) in [5, 5.41) is 13.1. The van der Waals surface area contributed by atoms with Crippen LogP contribution in [-0.2, 0) is 0 Å². The molecular formula is C14H20N2O3. The van der Waals surface area contributed by atoms with E-state index in [1.54, 1.807) is 10.9 Å². The van der Waals surface area contributed by atoms with Gasteiger partial charge >= 0.3 is 5.97 Å². The van der Waals surface area contributed by atoms with E-state index in [2.05, 4.69) is 18.9 Å². The molecule has 1 unspecified atom stereocenters. The molecule has 1 heterocycles. The van der Waals surface area contributed by atoms with E-state index < -0.39 is 5.97 Å². The van der Waals surface area contributed by atoms with Crippen molar-refractivity contribution in [2.45, 2.75) is 52.0 Å². The summed E-state index contributed by atoms with van der Waals surface area (Å²) in [7, 11) is 0. The molecule has 0 saturated heterocycles. The first-order valence-electron chi connectivity index (χ1n) is 6.70. The molecule has 1 aliphatic carbocycles. The molecule has 104 valence electrons. The largest absolute Gasteiger partial charge is 0.476 e. The Hall–Kier alpha value is -1.65. The van der Waals surface area contributed by atoms with Gasteiger partial charge < -0.3 is 5.11 Å². The fourth-order valence-corrected chi connectivity index (χ4v) is 2.75. The van der Waals surface area contributed by atoms with Gasteiger partial charge in [-0.15, -0.1) is 0 Å². The summed E-state index contributed by atoms with van der Waals surface area (Å²) in [6.07, 6.45) is 7.48. The summed E-state index contributed by atoms with van der Waals surface area (Å²) >= 11 is 0. The fraction of sp³-hybridized carbons (Fsp3) is 0.643. The van der Waals surface area contributed by atoms with Crippen molar-refractivity contribution in [2.75, 3.05) is 0 Å². The van der Waals surface area contributed by atoms with E-state index in [1.807, 2.05) is 0 Å². The number of rotatable bonds is 3. The van der Waals surface area contributed by atoms with Gasteiger partial charge in [0.1, 0.15) is 0 Å². The minimum absolute atomic E-state index is 0.140. The Morgan fingerprint density at radius 1 is 1.47 bits per heavy atom. The Labute approximate surface area is 112 Å². The van der Waals surface area contributed by atoms with E-state index in [4.69, 9.17) is 5.11 Å². The predicted molar refractivity (Wildman–Crippen MR) is 70.5 cm³/mol. The van der Waals surface area contributed by atoms with E-state index in [-0.39, 0.29) is 17.3 Å². The molecule has 1 saturated carbocycles. The van der Waals surface area contributed by atoms with Crippen molar-refractivity contribution < 1.29 is 14.7 Å². The summed E-state index contributed by atoms with van der Waals surface area (Å²) in [4.78, 5) is 21.9. The molecule has 0 radical (unpaired) electrons. The van der Waals surface area contributed by atoms with Crippen molar-refractivity contribution in [3.8, 4) is 0 Å². The second-order valence-electron chi connectivity index (χ2n) is 6.09. The second-order valence-corrected chi connectivity index (χ2v) is 6.09. The molecule has 1 atom stereocenters. The fourth-order valence-electron chi connectivity index (χ4n) is 2.75. The first kappa shape index (κ1) is 13.8. The number of aromatic carboxylic acids is 1. The highest BCUT2D eigenvalue weighted by Crippen LogP contribution is 2.37. The smallest absolute Gasteiger partial charge is 0.357 e. The van der Waals surface area contributed by atoms with Crippen LogP contribution < -0.4 is 0 Å². The molecule has 1 aromatic heterocycles. The van der Waals surface area contributed by atoms with Crippen molar-refractivity contribution in [3.05, 3.63) is 17.5 Å². The Balaban J connectivity index is 2.22. The van der Waals surface area contributed by atoms with E-state index in [1.165, 1.54) is 6.42 Å². The zero-order valence-corrected chi connectivity index (χ0v) is 11.4. The van der Waals surface area contributed by atoms with E-state index in [0.717, 1.165) is 25.7 Å². The highest BCUT2D eigenvalue weighted by molar-refractivity contribution is 5.95. The van der Waals surface area contributed by atoms with Gasteiger partial charge in [-0.25, -0.2) is 4.79 Å². The Morgan fingerprint density at radius 3 is 2.79 bits per heavy atom. The van der Waals surface area contributed by atoms with Crippen LogP contribution in [0.3, 0.4) is 0 Å². The third-order valence-electron chi connectivity index (χ3n) is 4.01. The van der Waals surface area contributed by atoms with Crippen LogP contribution in [0.15, 0.2) is 6.20 Å². The van der Waals surface area contributed by atoms with E-state index >= 15 is 0 Å². The van der Waals surface area contributed by atoms with E-state index in [9.17, 15) is 9.59 Å². The van der Waals surface area contributed by atoms with Crippen molar-refractivity contribution in [1.82, 2.24) is 9.78 Å². The Kier molecular flexibility index (Phi) is 3.73. The zero-order chi connectivity index (χ0) is 14.0. The maximum atomic E-state index is 11.0. The van der Waals surface area contributed by atoms with Gasteiger partial charge in [0.2, 0.25) is 0 Å². The van der Waals surface area contributed by atoms with Crippen molar-refractivity contribution in [3.63, 3.8) is 0 Å². The third kappa shape index (κ3) is 3.03. The van der Waals surface area contributed by atoms with Gasteiger partial charge in [0, 0.05) is 6.20 Å². The minimum atomic E-state index is -1.14. The van der Waals surface area contributed by atoms with Gasteiger partial charge in [-0.05, 0) is 31.1 Å². The lowest BCUT2D eigenvalue weighted by atomic mass is 9.85. The van der Waals surface area contributed by atoms with E-state index in [0.29, 0.717) is 11.7 Å². The summed E-state index contributed by atoms with van der Waals surface area (Å²) in [5.74, 6) is -1.14. The number of aldehydes is 1. The van der Waals surface area contributed by atoms with Crippen LogP contribution in [0.4, 0.5) is 0 Å². The molecular weight excluding hydrogens is 244 g/mol. The van der Waals surface area contributed by atoms with Crippen molar-refractivity contribution in [2.24, 2.45) is 5.41 Å². The topological polar surface area (TPSA) is 72.2 Å². The monoisotopic (exact) mass is 264 g/mol. The third-order valence-corrected chi connectivity index (χ3v) is 4.01. The molecule has 19 heavy (non-hydrogen) atoms. The van der Waals surface area contributed by atoms with Crippen LogP contribution in [0.2, 0.25) is 0 Å².